The fourth-order valence-corrected chi connectivity index (χ4v) is 2.04. The van der Waals surface area contributed by atoms with Gasteiger partial charge < -0.3 is 16.4 Å². The maximum absolute atomic E-state index is 11.9. The molecule has 1 heterocycles. The molecule has 7 heteroatoms. The van der Waals surface area contributed by atoms with Crippen molar-refractivity contribution in [3.63, 3.8) is 0 Å². The van der Waals surface area contributed by atoms with Gasteiger partial charge in [-0.3, -0.25) is 9.59 Å². The second kappa shape index (κ2) is 7.08. The fourth-order valence-electron chi connectivity index (χ4n) is 1.32. The van der Waals surface area contributed by atoms with E-state index in [-0.39, 0.29) is 23.2 Å². The number of carbonyl (C=O) groups excluding carboxylic acids is 2. The molecule has 0 bridgehead atoms. The molecule has 0 unspecified atom stereocenters. The van der Waals surface area contributed by atoms with Gasteiger partial charge in [0.15, 0.2) is 5.69 Å². The standard InChI is InChI=1S/C12H20N4O2S/c1-4-5-14-11(17)9-8(13)10(19-16-9)12(18)15-6-7(2)3/h7H,4-6,13H2,1-3H3,(H,14,17)(H,15,18). The van der Waals surface area contributed by atoms with E-state index in [2.05, 4.69) is 15.0 Å². The van der Waals surface area contributed by atoms with Gasteiger partial charge in [0.05, 0.1) is 5.69 Å². The predicted octanol–water partition coefficient (Wildman–Crippen LogP) is 1.25. The molecule has 0 aromatic carbocycles. The van der Waals surface area contributed by atoms with Gasteiger partial charge in [0.1, 0.15) is 4.88 Å². The van der Waals surface area contributed by atoms with Crippen molar-refractivity contribution in [2.45, 2.75) is 27.2 Å². The van der Waals surface area contributed by atoms with E-state index in [1.54, 1.807) is 0 Å². The Kier molecular flexibility index (Phi) is 5.75. The number of nitrogens with zero attached hydrogens (tertiary/aromatic N) is 1. The summed E-state index contributed by atoms with van der Waals surface area (Å²) < 4.78 is 3.96. The second-order valence-electron chi connectivity index (χ2n) is 4.63. The average Bonchev–Trinajstić information content (AvgIpc) is 2.75. The summed E-state index contributed by atoms with van der Waals surface area (Å²) >= 11 is 0.950. The van der Waals surface area contributed by atoms with E-state index in [0.29, 0.717) is 23.9 Å². The van der Waals surface area contributed by atoms with Crippen LogP contribution >= 0.6 is 11.5 Å². The van der Waals surface area contributed by atoms with E-state index < -0.39 is 0 Å². The van der Waals surface area contributed by atoms with E-state index in [9.17, 15) is 9.59 Å². The van der Waals surface area contributed by atoms with Gasteiger partial charge in [0.2, 0.25) is 0 Å². The molecule has 0 atom stereocenters. The molecule has 0 aliphatic rings. The molecule has 106 valence electrons. The normalized spacial score (nSPS) is 10.5. The highest BCUT2D eigenvalue weighted by atomic mass is 32.1. The number of hydrogen-bond acceptors (Lipinski definition) is 5. The largest absolute Gasteiger partial charge is 0.395 e. The monoisotopic (exact) mass is 284 g/mol. The third kappa shape index (κ3) is 4.20. The first-order valence-corrected chi connectivity index (χ1v) is 7.06. The van der Waals surface area contributed by atoms with Crippen LogP contribution in [0.3, 0.4) is 0 Å². The van der Waals surface area contributed by atoms with Crippen LogP contribution in [0.25, 0.3) is 0 Å². The molecule has 0 aliphatic carbocycles. The number of anilines is 1. The Bertz CT molecular complexity index is 457. The highest BCUT2D eigenvalue weighted by molar-refractivity contribution is 7.09. The minimum absolute atomic E-state index is 0.133. The lowest BCUT2D eigenvalue weighted by Crippen LogP contribution is -2.28. The number of amides is 2. The highest BCUT2D eigenvalue weighted by Gasteiger charge is 2.21. The Morgan fingerprint density at radius 2 is 2.00 bits per heavy atom. The van der Waals surface area contributed by atoms with Crippen LogP contribution in [-0.4, -0.2) is 29.3 Å². The first-order valence-electron chi connectivity index (χ1n) is 6.28. The molecule has 0 saturated heterocycles. The molecule has 0 spiro atoms. The minimum atomic E-state index is -0.335. The van der Waals surface area contributed by atoms with Crippen LogP contribution in [-0.2, 0) is 0 Å². The first kappa shape index (κ1) is 15.4. The van der Waals surface area contributed by atoms with Crippen molar-refractivity contribution in [3.05, 3.63) is 10.6 Å². The van der Waals surface area contributed by atoms with Crippen LogP contribution in [0.2, 0.25) is 0 Å². The third-order valence-corrected chi connectivity index (χ3v) is 3.22. The molecule has 6 nitrogen and oxygen atoms in total. The van der Waals surface area contributed by atoms with Gasteiger partial charge in [-0.05, 0) is 23.9 Å². The van der Waals surface area contributed by atoms with E-state index in [0.717, 1.165) is 18.0 Å². The van der Waals surface area contributed by atoms with E-state index in [1.807, 2.05) is 20.8 Å². The summed E-state index contributed by atoms with van der Waals surface area (Å²) in [5.41, 5.74) is 6.09. The predicted molar refractivity (Wildman–Crippen MR) is 76.3 cm³/mol. The number of hydrogen-bond donors (Lipinski definition) is 3. The van der Waals surface area contributed by atoms with Crippen molar-refractivity contribution in [2.75, 3.05) is 18.8 Å². The smallest absolute Gasteiger partial charge is 0.273 e. The van der Waals surface area contributed by atoms with Gasteiger partial charge in [-0.15, -0.1) is 0 Å². The van der Waals surface area contributed by atoms with Crippen molar-refractivity contribution in [3.8, 4) is 0 Å². The molecule has 19 heavy (non-hydrogen) atoms. The molecule has 0 fully saturated rings. The zero-order valence-corrected chi connectivity index (χ0v) is 12.3. The summed E-state index contributed by atoms with van der Waals surface area (Å²) in [6.45, 7) is 7.08. The Morgan fingerprint density at radius 1 is 1.32 bits per heavy atom. The number of nitrogens with one attached hydrogen (secondary N) is 2. The van der Waals surface area contributed by atoms with Crippen LogP contribution in [0.1, 0.15) is 47.4 Å². The Labute approximate surface area is 116 Å². The van der Waals surface area contributed by atoms with Crippen molar-refractivity contribution < 1.29 is 9.59 Å². The van der Waals surface area contributed by atoms with Crippen LogP contribution in [0.4, 0.5) is 5.69 Å². The molecule has 0 radical (unpaired) electrons. The minimum Gasteiger partial charge on any atom is -0.395 e. The van der Waals surface area contributed by atoms with E-state index in [1.165, 1.54) is 0 Å². The molecular weight excluding hydrogens is 264 g/mol. The van der Waals surface area contributed by atoms with Gasteiger partial charge in [-0.25, -0.2) is 0 Å². The SMILES string of the molecule is CCCNC(=O)c1nsc(C(=O)NCC(C)C)c1N. The molecule has 0 aliphatic heterocycles. The maximum atomic E-state index is 11.9. The Morgan fingerprint density at radius 3 is 2.58 bits per heavy atom. The molecule has 1 aromatic rings. The summed E-state index contributed by atoms with van der Waals surface area (Å²) in [5.74, 6) is -0.262. The number of nitrogen functional groups attached to an aromatic ring is 1. The number of aromatic nitrogens is 1. The molecule has 4 N–H and O–H groups in total. The first-order chi connectivity index (χ1) is 8.97. The van der Waals surface area contributed by atoms with Gasteiger partial charge in [0.25, 0.3) is 11.8 Å². The van der Waals surface area contributed by atoms with Crippen LogP contribution in [0.15, 0.2) is 0 Å². The van der Waals surface area contributed by atoms with Crippen LogP contribution < -0.4 is 16.4 Å². The van der Waals surface area contributed by atoms with Crippen molar-refractivity contribution in [2.24, 2.45) is 5.92 Å². The van der Waals surface area contributed by atoms with Crippen molar-refractivity contribution in [1.82, 2.24) is 15.0 Å². The summed E-state index contributed by atoms with van der Waals surface area (Å²) in [7, 11) is 0. The molecule has 0 saturated carbocycles. The summed E-state index contributed by atoms with van der Waals surface area (Å²) in [5, 5.41) is 5.44. The van der Waals surface area contributed by atoms with Gasteiger partial charge in [-0.2, -0.15) is 4.37 Å². The zero-order chi connectivity index (χ0) is 14.4. The van der Waals surface area contributed by atoms with Gasteiger partial charge in [-0.1, -0.05) is 20.8 Å². The third-order valence-electron chi connectivity index (χ3n) is 2.36. The van der Waals surface area contributed by atoms with Gasteiger partial charge >= 0.3 is 0 Å². The summed E-state index contributed by atoms with van der Waals surface area (Å²) in [6, 6.07) is 0. The van der Waals surface area contributed by atoms with Crippen molar-refractivity contribution >= 4 is 29.0 Å². The lowest BCUT2D eigenvalue weighted by atomic mass is 10.2. The molecule has 1 aromatic heterocycles. The molecular formula is C12H20N4O2S. The Hall–Kier alpha value is -1.63. The lowest BCUT2D eigenvalue weighted by Gasteiger charge is -2.06. The average molecular weight is 284 g/mol. The lowest BCUT2D eigenvalue weighted by molar-refractivity contribution is 0.0948. The summed E-state index contributed by atoms with van der Waals surface area (Å²) in [6.07, 6.45) is 0.831. The zero-order valence-electron chi connectivity index (χ0n) is 11.4. The van der Waals surface area contributed by atoms with Crippen molar-refractivity contribution in [1.29, 1.82) is 0 Å². The number of nitrogens with two attached hydrogens (primary N) is 1. The highest BCUT2D eigenvalue weighted by Crippen LogP contribution is 2.21. The number of carbonyl (C=O) groups is 2. The van der Waals surface area contributed by atoms with E-state index in [4.69, 9.17) is 5.73 Å². The van der Waals surface area contributed by atoms with Crippen LogP contribution in [0, 0.1) is 5.92 Å². The van der Waals surface area contributed by atoms with E-state index >= 15 is 0 Å². The maximum Gasteiger partial charge on any atom is 0.273 e. The second-order valence-corrected chi connectivity index (χ2v) is 5.41. The molecule has 2 amide bonds. The molecule has 1 rings (SSSR count). The topological polar surface area (TPSA) is 97.1 Å². The Balaban J connectivity index is 2.75. The van der Waals surface area contributed by atoms with Crippen LogP contribution in [0.5, 0.6) is 0 Å². The summed E-state index contributed by atoms with van der Waals surface area (Å²) in [4.78, 5) is 23.9. The fraction of sp³-hybridized carbons (Fsp3) is 0.583. The number of rotatable bonds is 6. The van der Waals surface area contributed by atoms with Gasteiger partial charge in [0, 0.05) is 13.1 Å². The quantitative estimate of drug-likeness (QED) is 0.732.